The highest BCUT2D eigenvalue weighted by molar-refractivity contribution is 6.05. The monoisotopic (exact) mass is 582 g/mol. The van der Waals surface area contributed by atoms with Gasteiger partial charge in [0, 0.05) is 24.2 Å². The quantitative estimate of drug-likeness (QED) is 0.136. The molecule has 4 amide bonds. The second-order valence-corrected chi connectivity index (χ2v) is 9.34. The number of hydrogen-bond donors (Lipinski definition) is 4. The van der Waals surface area contributed by atoms with Crippen molar-refractivity contribution >= 4 is 46.4 Å². The summed E-state index contributed by atoms with van der Waals surface area (Å²) in [7, 11) is 0. The lowest BCUT2D eigenvalue weighted by Crippen LogP contribution is -2.22. The molecule has 12 nitrogen and oxygen atoms in total. The predicted molar refractivity (Wildman–Crippen MR) is 161 cm³/mol. The maximum atomic E-state index is 12.3. The number of benzene rings is 2. The van der Waals surface area contributed by atoms with Gasteiger partial charge in [-0.3, -0.25) is 19.2 Å². The normalized spacial score (nSPS) is 11.5. The van der Waals surface area contributed by atoms with Crippen LogP contribution in [0.2, 0.25) is 0 Å². The Morgan fingerprint density at radius 1 is 0.628 bits per heavy atom. The summed E-state index contributed by atoms with van der Waals surface area (Å²) in [6, 6.07) is 20.4. The number of furan rings is 2. The first-order valence-electron chi connectivity index (χ1n) is 13.4. The maximum absolute atomic E-state index is 12.3. The highest BCUT2D eigenvalue weighted by Crippen LogP contribution is 2.15. The van der Waals surface area contributed by atoms with E-state index in [1.165, 1.54) is 12.5 Å². The Balaban J connectivity index is 1.19. The molecule has 43 heavy (non-hydrogen) atoms. The smallest absolute Gasteiger partial charge is 0.291 e. The molecule has 0 bridgehead atoms. The highest BCUT2D eigenvalue weighted by atomic mass is 16.3. The zero-order valence-electron chi connectivity index (χ0n) is 23.5. The lowest BCUT2D eigenvalue weighted by Gasteiger charge is -2.07. The zero-order chi connectivity index (χ0) is 30.6. The molecule has 0 aliphatic rings. The second-order valence-electron chi connectivity index (χ2n) is 9.34. The zero-order valence-corrected chi connectivity index (χ0v) is 23.5. The van der Waals surface area contributed by atoms with E-state index in [2.05, 4.69) is 31.7 Å². The number of carbonyl (C=O) groups is 4. The van der Waals surface area contributed by atoms with E-state index in [0.29, 0.717) is 40.3 Å². The number of nitrogens with zero attached hydrogens (tertiary/aromatic N) is 2. The Morgan fingerprint density at radius 3 is 1.47 bits per heavy atom. The average molecular weight is 583 g/mol. The van der Waals surface area contributed by atoms with E-state index in [9.17, 15) is 19.2 Å². The van der Waals surface area contributed by atoms with E-state index in [-0.39, 0.29) is 48.0 Å². The molecule has 0 aliphatic carbocycles. The molecule has 2 heterocycles. The van der Waals surface area contributed by atoms with Crippen LogP contribution in [0.3, 0.4) is 0 Å². The minimum atomic E-state index is -0.379. The van der Waals surface area contributed by atoms with E-state index >= 15 is 0 Å². The molecule has 0 atom stereocenters. The number of hydrogen-bond acceptors (Lipinski definition) is 8. The third-order valence-corrected chi connectivity index (χ3v) is 6.07. The fraction of sp³-hybridized carbons (Fsp3) is 0.161. The van der Waals surface area contributed by atoms with Gasteiger partial charge in [0.05, 0.1) is 23.9 Å². The van der Waals surface area contributed by atoms with Crippen molar-refractivity contribution < 1.29 is 28.0 Å². The molecule has 0 unspecified atom stereocenters. The first-order valence-corrected chi connectivity index (χ1v) is 13.4. The van der Waals surface area contributed by atoms with Crippen LogP contribution >= 0.6 is 0 Å². The highest BCUT2D eigenvalue weighted by Gasteiger charge is 2.11. The molecule has 2 aromatic carbocycles. The summed E-state index contributed by atoms with van der Waals surface area (Å²) in [6.07, 6.45) is 3.31. The molecule has 0 fully saturated rings. The second kappa shape index (κ2) is 14.7. The molecule has 4 N–H and O–H groups in total. The third-order valence-electron chi connectivity index (χ3n) is 6.07. The minimum absolute atomic E-state index is 0.0869. The van der Waals surface area contributed by atoms with Gasteiger partial charge in [-0.25, -0.2) is 10.9 Å². The van der Waals surface area contributed by atoms with Crippen molar-refractivity contribution in [1.29, 1.82) is 0 Å². The number of amides is 4. The van der Waals surface area contributed by atoms with E-state index in [1.807, 2.05) is 0 Å². The lowest BCUT2D eigenvalue weighted by molar-refractivity contribution is -0.122. The minimum Gasteiger partial charge on any atom is -0.459 e. The van der Waals surface area contributed by atoms with Gasteiger partial charge in [-0.2, -0.15) is 10.2 Å². The molecule has 0 radical (unpaired) electrons. The topological polar surface area (TPSA) is 167 Å². The van der Waals surface area contributed by atoms with Crippen molar-refractivity contribution in [2.24, 2.45) is 10.2 Å². The summed E-state index contributed by atoms with van der Waals surface area (Å²) in [6.45, 7) is 3.45. The molecule has 0 saturated carbocycles. The average Bonchev–Trinajstić information content (AvgIpc) is 3.74. The van der Waals surface area contributed by atoms with Gasteiger partial charge in [-0.05, 0) is 79.9 Å². The first kappa shape index (κ1) is 30.2. The predicted octanol–water partition coefficient (Wildman–Crippen LogP) is 4.93. The van der Waals surface area contributed by atoms with E-state index in [1.54, 1.807) is 86.6 Å². The standard InChI is InChI=1S/C31H30N6O6/c1-20(22-8-3-10-24(18-22)32-30(40)26-12-6-16-42-26)34-36-28(38)14-5-15-29(39)37-35-21(2)23-9-4-11-25(19-23)33-31(41)27-13-7-17-43-27/h3-4,6-13,16-19H,5,14-15H2,1-2H3,(H,32,40)(H,33,41)(H,36,38)(H,37,39). The number of nitrogens with one attached hydrogen (secondary N) is 4. The molecule has 4 aromatic rings. The molecule has 0 aliphatic heterocycles. The molecule has 4 rings (SSSR count). The van der Waals surface area contributed by atoms with Crippen LogP contribution in [0.15, 0.2) is 104 Å². The fourth-order valence-corrected chi connectivity index (χ4v) is 3.79. The number of carbonyl (C=O) groups excluding carboxylic acids is 4. The van der Waals surface area contributed by atoms with Gasteiger partial charge in [0.15, 0.2) is 11.5 Å². The van der Waals surface area contributed by atoms with Crippen LogP contribution in [-0.4, -0.2) is 35.1 Å². The van der Waals surface area contributed by atoms with Crippen LogP contribution in [-0.2, 0) is 9.59 Å². The molecular weight excluding hydrogens is 552 g/mol. The van der Waals surface area contributed by atoms with Crippen molar-refractivity contribution in [3.05, 3.63) is 108 Å². The van der Waals surface area contributed by atoms with Crippen LogP contribution in [0.1, 0.15) is 65.3 Å². The molecule has 2 aromatic heterocycles. The van der Waals surface area contributed by atoms with E-state index in [0.717, 1.165) is 0 Å². The van der Waals surface area contributed by atoms with Crippen LogP contribution in [0, 0.1) is 0 Å². The van der Waals surface area contributed by atoms with Crippen molar-refractivity contribution in [1.82, 2.24) is 10.9 Å². The van der Waals surface area contributed by atoms with Crippen LogP contribution < -0.4 is 21.5 Å². The van der Waals surface area contributed by atoms with Crippen molar-refractivity contribution in [3.63, 3.8) is 0 Å². The summed E-state index contributed by atoms with van der Waals surface area (Å²) >= 11 is 0. The lowest BCUT2D eigenvalue weighted by atomic mass is 10.1. The largest absolute Gasteiger partial charge is 0.459 e. The van der Waals surface area contributed by atoms with Crippen molar-refractivity contribution in [2.45, 2.75) is 33.1 Å². The number of anilines is 2. The number of rotatable bonds is 12. The summed E-state index contributed by atoms with van der Waals surface area (Å²) in [5.74, 6) is -1.06. The Morgan fingerprint density at radius 2 is 1.07 bits per heavy atom. The molecule has 220 valence electrons. The number of hydrazone groups is 2. The molecule has 12 heteroatoms. The molecular formula is C31H30N6O6. The SMILES string of the molecule is CC(=NNC(=O)CCCC(=O)NN=C(C)c1cccc(NC(=O)c2ccco2)c1)c1cccc(NC(=O)c2ccco2)c1. The summed E-state index contributed by atoms with van der Waals surface area (Å²) in [5.41, 5.74) is 8.56. The fourth-order valence-electron chi connectivity index (χ4n) is 3.79. The summed E-state index contributed by atoms with van der Waals surface area (Å²) < 4.78 is 10.2. The van der Waals surface area contributed by atoms with Crippen LogP contribution in [0.25, 0.3) is 0 Å². The summed E-state index contributed by atoms with van der Waals surface area (Å²) in [5, 5.41) is 13.7. The van der Waals surface area contributed by atoms with Gasteiger partial charge in [-0.1, -0.05) is 24.3 Å². The third kappa shape index (κ3) is 9.11. The van der Waals surface area contributed by atoms with Crippen LogP contribution in [0.5, 0.6) is 0 Å². The van der Waals surface area contributed by atoms with Crippen LogP contribution in [0.4, 0.5) is 11.4 Å². The first-order chi connectivity index (χ1) is 20.8. The van der Waals surface area contributed by atoms with E-state index < -0.39 is 0 Å². The maximum Gasteiger partial charge on any atom is 0.291 e. The Bertz CT molecular complexity index is 1520. The van der Waals surface area contributed by atoms with Gasteiger partial charge in [0.25, 0.3) is 11.8 Å². The van der Waals surface area contributed by atoms with Crippen molar-refractivity contribution in [2.75, 3.05) is 10.6 Å². The van der Waals surface area contributed by atoms with Gasteiger partial charge < -0.3 is 19.5 Å². The van der Waals surface area contributed by atoms with Crippen molar-refractivity contribution in [3.8, 4) is 0 Å². The Hall–Kier alpha value is -5.78. The Kier molecular flexibility index (Phi) is 10.3. The van der Waals surface area contributed by atoms with Gasteiger partial charge in [-0.15, -0.1) is 0 Å². The molecule has 0 saturated heterocycles. The Labute approximate surface area is 247 Å². The van der Waals surface area contributed by atoms with Gasteiger partial charge in [0.2, 0.25) is 11.8 Å². The van der Waals surface area contributed by atoms with E-state index in [4.69, 9.17) is 8.83 Å². The van der Waals surface area contributed by atoms with Gasteiger partial charge >= 0.3 is 0 Å². The summed E-state index contributed by atoms with van der Waals surface area (Å²) in [4.78, 5) is 48.9. The molecule has 0 spiro atoms. The van der Waals surface area contributed by atoms with Gasteiger partial charge in [0.1, 0.15) is 0 Å².